The lowest BCUT2D eigenvalue weighted by atomic mass is 10.2. The third kappa shape index (κ3) is 3.54. The summed E-state index contributed by atoms with van der Waals surface area (Å²) in [5, 5.41) is 7.48. The van der Waals surface area contributed by atoms with Crippen molar-refractivity contribution in [2.24, 2.45) is 7.05 Å². The molecule has 19 heavy (non-hydrogen) atoms. The Bertz CT molecular complexity index is 413. The topological polar surface area (TPSA) is 59.4 Å². The van der Waals surface area contributed by atoms with Gasteiger partial charge in [-0.2, -0.15) is 5.10 Å². The SMILES string of the molecule is COCCN(CC1CCCN1)C(=O)c1ccnn1C. The summed E-state index contributed by atoms with van der Waals surface area (Å²) in [6.07, 6.45) is 3.96. The third-order valence-electron chi connectivity index (χ3n) is 3.50. The second kappa shape index (κ2) is 6.68. The van der Waals surface area contributed by atoms with Crippen LogP contribution in [0.5, 0.6) is 0 Å². The zero-order valence-corrected chi connectivity index (χ0v) is 11.6. The quantitative estimate of drug-likeness (QED) is 0.802. The summed E-state index contributed by atoms with van der Waals surface area (Å²) in [7, 11) is 3.44. The van der Waals surface area contributed by atoms with Crippen molar-refractivity contribution in [3.63, 3.8) is 0 Å². The highest BCUT2D eigenvalue weighted by Gasteiger charge is 2.23. The van der Waals surface area contributed by atoms with Crippen LogP contribution in [0, 0.1) is 0 Å². The van der Waals surface area contributed by atoms with E-state index in [4.69, 9.17) is 4.74 Å². The van der Waals surface area contributed by atoms with Gasteiger partial charge in [0.15, 0.2) is 0 Å². The van der Waals surface area contributed by atoms with Gasteiger partial charge >= 0.3 is 0 Å². The van der Waals surface area contributed by atoms with E-state index in [-0.39, 0.29) is 5.91 Å². The fraction of sp³-hybridized carbons (Fsp3) is 0.692. The second-order valence-electron chi connectivity index (χ2n) is 4.88. The molecule has 1 amide bonds. The molecule has 1 saturated heterocycles. The molecule has 1 aliphatic rings. The minimum absolute atomic E-state index is 0.0192. The number of methoxy groups -OCH3 is 1. The van der Waals surface area contributed by atoms with E-state index >= 15 is 0 Å². The maximum Gasteiger partial charge on any atom is 0.272 e. The van der Waals surface area contributed by atoms with Crippen LogP contribution in [0.25, 0.3) is 0 Å². The van der Waals surface area contributed by atoms with Crippen LogP contribution in [0.15, 0.2) is 12.3 Å². The summed E-state index contributed by atoms with van der Waals surface area (Å²) >= 11 is 0. The molecule has 1 fully saturated rings. The van der Waals surface area contributed by atoms with Crippen LogP contribution in [0.2, 0.25) is 0 Å². The van der Waals surface area contributed by atoms with Gasteiger partial charge in [-0.25, -0.2) is 0 Å². The Morgan fingerprint density at radius 1 is 1.68 bits per heavy atom. The van der Waals surface area contributed by atoms with E-state index < -0.39 is 0 Å². The molecule has 2 heterocycles. The number of hydrogen-bond donors (Lipinski definition) is 1. The van der Waals surface area contributed by atoms with Crippen LogP contribution in [0.1, 0.15) is 23.3 Å². The molecular formula is C13H22N4O2. The number of carbonyl (C=O) groups excluding carboxylic acids is 1. The molecule has 0 aromatic carbocycles. The van der Waals surface area contributed by atoms with E-state index in [9.17, 15) is 4.79 Å². The van der Waals surface area contributed by atoms with E-state index in [0.717, 1.165) is 19.5 Å². The lowest BCUT2D eigenvalue weighted by Crippen LogP contribution is -2.43. The predicted octanol–water partition coefficient (Wildman–Crippen LogP) is 0.261. The van der Waals surface area contributed by atoms with Crippen LogP contribution in [-0.2, 0) is 11.8 Å². The molecule has 6 nitrogen and oxygen atoms in total. The molecule has 2 rings (SSSR count). The largest absolute Gasteiger partial charge is 0.383 e. The Balaban J connectivity index is 2.03. The summed E-state index contributed by atoms with van der Waals surface area (Å²) in [6, 6.07) is 2.15. The number of aryl methyl sites for hydroxylation is 1. The van der Waals surface area contributed by atoms with Crippen LogP contribution in [-0.4, -0.2) is 60.0 Å². The first-order valence-corrected chi connectivity index (χ1v) is 6.72. The Morgan fingerprint density at radius 2 is 2.53 bits per heavy atom. The van der Waals surface area contributed by atoms with Crippen LogP contribution < -0.4 is 5.32 Å². The molecule has 0 saturated carbocycles. The summed E-state index contributed by atoms with van der Waals surface area (Å²) in [4.78, 5) is 14.4. The summed E-state index contributed by atoms with van der Waals surface area (Å²) in [5.41, 5.74) is 0.620. The van der Waals surface area contributed by atoms with Crippen molar-refractivity contribution in [3.8, 4) is 0 Å². The average Bonchev–Trinajstić information content (AvgIpc) is 3.05. The number of nitrogens with one attached hydrogen (secondary N) is 1. The first-order chi connectivity index (χ1) is 9.22. The fourth-order valence-electron chi connectivity index (χ4n) is 2.40. The van der Waals surface area contributed by atoms with Crippen LogP contribution in [0.3, 0.4) is 0 Å². The number of amides is 1. The zero-order chi connectivity index (χ0) is 13.7. The van der Waals surface area contributed by atoms with Gasteiger partial charge in [-0.05, 0) is 25.5 Å². The minimum Gasteiger partial charge on any atom is -0.383 e. The van der Waals surface area contributed by atoms with Crippen molar-refractivity contribution >= 4 is 5.91 Å². The number of rotatable bonds is 6. The van der Waals surface area contributed by atoms with E-state index in [1.54, 1.807) is 31.1 Å². The highest BCUT2D eigenvalue weighted by atomic mass is 16.5. The predicted molar refractivity (Wildman–Crippen MR) is 72.0 cm³/mol. The van der Waals surface area contributed by atoms with Gasteiger partial charge in [0.25, 0.3) is 5.91 Å². The molecule has 1 aliphatic heterocycles. The van der Waals surface area contributed by atoms with E-state index in [1.165, 1.54) is 6.42 Å². The number of nitrogens with zero attached hydrogens (tertiary/aromatic N) is 3. The standard InChI is InChI=1S/C13H22N4O2/c1-16-12(5-7-15-16)13(18)17(8-9-19-2)10-11-4-3-6-14-11/h5,7,11,14H,3-4,6,8-10H2,1-2H3. The maximum absolute atomic E-state index is 12.5. The van der Waals surface area contributed by atoms with E-state index in [0.29, 0.717) is 24.9 Å². The summed E-state index contributed by atoms with van der Waals surface area (Å²) < 4.78 is 6.71. The Kier molecular flexibility index (Phi) is 4.93. The number of carbonyl (C=O) groups is 1. The number of aromatic nitrogens is 2. The van der Waals surface area contributed by atoms with Gasteiger partial charge in [0.1, 0.15) is 5.69 Å². The maximum atomic E-state index is 12.5. The number of ether oxygens (including phenoxy) is 1. The first-order valence-electron chi connectivity index (χ1n) is 6.72. The minimum atomic E-state index is 0.0192. The fourth-order valence-corrected chi connectivity index (χ4v) is 2.40. The molecular weight excluding hydrogens is 244 g/mol. The van der Waals surface area contributed by atoms with Crippen LogP contribution >= 0.6 is 0 Å². The molecule has 0 spiro atoms. The molecule has 106 valence electrons. The van der Waals surface area contributed by atoms with Gasteiger partial charge in [0, 0.05) is 39.5 Å². The monoisotopic (exact) mass is 266 g/mol. The second-order valence-corrected chi connectivity index (χ2v) is 4.88. The molecule has 0 bridgehead atoms. The van der Waals surface area contributed by atoms with Gasteiger partial charge in [-0.1, -0.05) is 0 Å². The Hall–Kier alpha value is -1.40. The normalized spacial score (nSPS) is 18.7. The average molecular weight is 266 g/mol. The van der Waals surface area contributed by atoms with E-state index in [2.05, 4.69) is 10.4 Å². The molecule has 1 aromatic rings. The lowest BCUT2D eigenvalue weighted by molar-refractivity contribution is 0.0668. The van der Waals surface area contributed by atoms with Crippen molar-refractivity contribution in [2.75, 3.05) is 33.4 Å². The van der Waals surface area contributed by atoms with Crippen molar-refractivity contribution in [3.05, 3.63) is 18.0 Å². The molecule has 1 unspecified atom stereocenters. The lowest BCUT2D eigenvalue weighted by Gasteiger charge is -2.25. The summed E-state index contributed by atoms with van der Waals surface area (Å²) in [6.45, 7) is 2.94. The van der Waals surface area contributed by atoms with Gasteiger partial charge in [-0.3, -0.25) is 9.48 Å². The molecule has 6 heteroatoms. The highest BCUT2D eigenvalue weighted by molar-refractivity contribution is 5.92. The number of hydrogen-bond acceptors (Lipinski definition) is 4. The van der Waals surface area contributed by atoms with Crippen molar-refractivity contribution in [1.82, 2.24) is 20.0 Å². The van der Waals surface area contributed by atoms with Crippen LogP contribution in [0.4, 0.5) is 0 Å². The van der Waals surface area contributed by atoms with Gasteiger partial charge < -0.3 is 15.0 Å². The Morgan fingerprint density at radius 3 is 3.11 bits per heavy atom. The Labute approximate surface area is 113 Å². The molecule has 1 atom stereocenters. The summed E-state index contributed by atoms with van der Waals surface area (Å²) in [5.74, 6) is 0.0192. The zero-order valence-electron chi connectivity index (χ0n) is 11.6. The van der Waals surface area contributed by atoms with Crippen molar-refractivity contribution in [2.45, 2.75) is 18.9 Å². The first kappa shape index (κ1) is 14.0. The van der Waals surface area contributed by atoms with Crippen molar-refractivity contribution < 1.29 is 9.53 Å². The molecule has 0 aliphatic carbocycles. The third-order valence-corrected chi connectivity index (χ3v) is 3.50. The van der Waals surface area contributed by atoms with Gasteiger partial charge in [0.05, 0.1) is 6.61 Å². The van der Waals surface area contributed by atoms with Gasteiger partial charge in [-0.15, -0.1) is 0 Å². The smallest absolute Gasteiger partial charge is 0.272 e. The molecule has 0 radical (unpaired) electrons. The molecule has 1 N–H and O–H groups in total. The van der Waals surface area contributed by atoms with E-state index in [1.807, 2.05) is 4.90 Å². The molecule has 1 aromatic heterocycles. The van der Waals surface area contributed by atoms with Gasteiger partial charge in [0.2, 0.25) is 0 Å². The van der Waals surface area contributed by atoms with Crippen molar-refractivity contribution in [1.29, 1.82) is 0 Å². The highest BCUT2D eigenvalue weighted by Crippen LogP contribution is 2.10.